The van der Waals surface area contributed by atoms with E-state index in [1.807, 2.05) is 16.8 Å². The Kier molecular flexibility index (Phi) is 4.09. The number of halogens is 1. The van der Waals surface area contributed by atoms with E-state index >= 15 is 0 Å². The van der Waals surface area contributed by atoms with Crippen LogP contribution in [0, 0.1) is 6.92 Å². The zero-order valence-electron chi connectivity index (χ0n) is 13.7. The molecule has 0 aliphatic carbocycles. The highest BCUT2D eigenvalue weighted by atomic mass is 79.9. The number of hydrogen-bond acceptors (Lipinski definition) is 3. The number of H-pyrrole nitrogens is 1. The molecular formula is C18H17BrN4O2. The quantitative estimate of drug-likeness (QED) is 0.497. The summed E-state index contributed by atoms with van der Waals surface area (Å²) in [4.78, 5) is 15.2. The molecule has 0 radical (unpaired) electrons. The number of nitrogens with zero attached hydrogens (tertiary/aromatic N) is 2. The van der Waals surface area contributed by atoms with Crippen LogP contribution < -0.4 is 5.32 Å². The molecule has 0 aliphatic heterocycles. The lowest BCUT2D eigenvalue weighted by Crippen LogP contribution is -2.25. The molecule has 0 spiro atoms. The molecule has 0 aliphatic rings. The average Bonchev–Trinajstić information content (AvgIpc) is 3.24. The van der Waals surface area contributed by atoms with Crippen LogP contribution in [0.15, 0.2) is 45.6 Å². The molecule has 4 aromatic rings. The van der Waals surface area contributed by atoms with Gasteiger partial charge in [0, 0.05) is 36.8 Å². The van der Waals surface area contributed by atoms with E-state index in [0.717, 1.165) is 24.0 Å². The van der Waals surface area contributed by atoms with Crippen LogP contribution in [0.3, 0.4) is 0 Å². The van der Waals surface area contributed by atoms with E-state index in [4.69, 9.17) is 4.42 Å². The third kappa shape index (κ3) is 3.19. The van der Waals surface area contributed by atoms with E-state index in [1.165, 1.54) is 10.9 Å². The summed E-state index contributed by atoms with van der Waals surface area (Å²) < 4.78 is 7.99. The van der Waals surface area contributed by atoms with Gasteiger partial charge in [0.2, 0.25) is 0 Å². The number of carbonyl (C=O) groups excluding carboxylic acids is 1. The lowest BCUT2D eigenvalue weighted by molar-refractivity contribution is 0.0948. The molecule has 25 heavy (non-hydrogen) atoms. The van der Waals surface area contributed by atoms with Crippen LogP contribution >= 0.6 is 15.9 Å². The third-order valence-electron chi connectivity index (χ3n) is 4.19. The Morgan fingerprint density at radius 2 is 2.28 bits per heavy atom. The van der Waals surface area contributed by atoms with Crippen molar-refractivity contribution in [1.82, 2.24) is 20.1 Å². The molecule has 7 heteroatoms. The third-order valence-corrected chi connectivity index (χ3v) is 4.58. The maximum absolute atomic E-state index is 12.2. The summed E-state index contributed by atoms with van der Waals surface area (Å²) in [5.41, 5.74) is 4.19. The van der Waals surface area contributed by atoms with E-state index in [1.54, 1.807) is 12.1 Å². The van der Waals surface area contributed by atoms with Gasteiger partial charge in [-0.05, 0) is 40.9 Å². The number of furan rings is 1. The van der Waals surface area contributed by atoms with Crippen molar-refractivity contribution in [2.75, 3.05) is 6.54 Å². The molecule has 3 aromatic heterocycles. The minimum atomic E-state index is -0.135. The van der Waals surface area contributed by atoms with Crippen molar-refractivity contribution in [2.45, 2.75) is 19.9 Å². The number of carbonyl (C=O) groups is 1. The Morgan fingerprint density at radius 3 is 3.08 bits per heavy atom. The molecule has 6 nitrogen and oxygen atoms in total. The van der Waals surface area contributed by atoms with Crippen LogP contribution in [-0.2, 0) is 6.54 Å². The number of fused-ring (bicyclic) bond motifs is 2. The monoisotopic (exact) mass is 400 g/mol. The lowest BCUT2D eigenvalue weighted by atomic mass is 10.1. The van der Waals surface area contributed by atoms with Crippen molar-refractivity contribution in [2.24, 2.45) is 0 Å². The molecule has 1 aromatic carbocycles. The SMILES string of the molecule is Cc1cccc2nn(CCCNC(=O)c3cc4oc(Br)cc4[nH]3)cc12. The number of hydrogen-bond donors (Lipinski definition) is 2. The van der Waals surface area contributed by atoms with Gasteiger partial charge in [-0.1, -0.05) is 12.1 Å². The van der Waals surface area contributed by atoms with E-state index in [-0.39, 0.29) is 5.91 Å². The second-order valence-corrected chi connectivity index (χ2v) is 6.80. The van der Waals surface area contributed by atoms with Crippen molar-refractivity contribution in [3.05, 3.63) is 52.5 Å². The summed E-state index contributed by atoms with van der Waals surface area (Å²) in [6, 6.07) is 9.62. The number of nitrogens with one attached hydrogen (secondary N) is 2. The number of rotatable bonds is 5. The fraction of sp³-hybridized carbons (Fsp3) is 0.222. The standard InChI is InChI=1S/C18H17BrN4O2/c1-11-4-2-5-13-12(11)10-23(22-13)7-3-6-20-18(24)15-8-16-14(21-15)9-17(19)25-16/h2,4-5,8-10,21H,3,6-7H2,1H3,(H,20,24). The summed E-state index contributed by atoms with van der Waals surface area (Å²) in [5, 5.41) is 8.65. The molecule has 0 unspecified atom stereocenters. The van der Waals surface area contributed by atoms with Crippen LogP contribution in [0.2, 0.25) is 0 Å². The second kappa shape index (κ2) is 6.40. The Labute approximate surface area is 152 Å². The number of amides is 1. The van der Waals surface area contributed by atoms with Gasteiger partial charge in [0.15, 0.2) is 10.3 Å². The minimum Gasteiger partial charge on any atom is -0.448 e. The summed E-state index contributed by atoms with van der Waals surface area (Å²) >= 11 is 3.26. The molecule has 0 fully saturated rings. The highest BCUT2D eigenvalue weighted by Crippen LogP contribution is 2.23. The van der Waals surface area contributed by atoms with Gasteiger partial charge in [0.1, 0.15) is 5.69 Å². The maximum Gasteiger partial charge on any atom is 0.267 e. The van der Waals surface area contributed by atoms with Gasteiger partial charge in [0.25, 0.3) is 5.91 Å². The zero-order valence-corrected chi connectivity index (χ0v) is 15.3. The topological polar surface area (TPSA) is 75.8 Å². The highest BCUT2D eigenvalue weighted by molar-refractivity contribution is 9.10. The number of aromatic nitrogens is 3. The van der Waals surface area contributed by atoms with Crippen molar-refractivity contribution in [3.8, 4) is 0 Å². The summed E-state index contributed by atoms with van der Waals surface area (Å²) in [5.74, 6) is -0.135. The highest BCUT2D eigenvalue weighted by Gasteiger charge is 2.12. The maximum atomic E-state index is 12.2. The van der Waals surface area contributed by atoms with Crippen molar-refractivity contribution in [3.63, 3.8) is 0 Å². The molecule has 3 heterocycles. The first-order valence-corrected chi connectivity index (χ1v) is 8.88. The van der Waals surface area contributed by atoms with Crippen molar-refractivity contribution >= 4 is 43.8 Å². The molecule has 0 saturated carbocycles. The molecular weight excluding hydrogens is 384 g/mol. The van der Waals surface area contributed by atoms with Crippen molar-refractivity contribution in [1.29, 1.82) is 0 Å². The minimum absolute atomic E-state index is 0.135. The van der Waals surface area contributed by atoms with Gasteiger partial charge in [-0.2, -0.15) is 5.10 Å². The van der Waals surface area contributed by atoms with Gasteiger partial charge in [-0.15, -0.1) is 0 Å². The summed E-state index contributed by atoms with van der Waals surface area (Å²) in [7, 11) is 0. The Bertz CT molecular complexity index is 1030. The molecule has 0 bridgehead atoms. The van der Waals surface area contributed by atoms with Crippen LogP contribution in [0.4, 0.5) is 0 Å². The first-order valence-electron chi connectivity index (χ1n) is 8.09. The molecule has 1 amide bonds. The first kappa shape index (κ1) is 16.0. The number of aryl methyl sites for hydroxylation is 2. The van der Waals surface area contributed by atoms with Crippen LogP contribution in [0.5, 0.6) is 0 Å². The second-order valence-electron chi connectivity index (χ2n) is 6.02. The molecule has 0 atom stereocenters. The molecule has 0 saturated heterocycles. The predicted octanol–water partition coefficient (Wildman–Crippen LogP) is 4.00. The van der Waals surface area contributed by atoms with Gasteiger partial charge >= 0.3 is 0 Å². The van der Waals surface area contributed by atoms with E-state index in [0.29, 0.717) is 22.5 Å². The predicted molar refractivity (Wildman–Crippen MR) is 99.7 cm³/mol. The Morgan fingerprint density at radius 1 is 1.40 bits per heavy atom. The first-order chi connectivity index (χ1) is 12.1. The van der Waals surface area contributed by atoms with Gasteiger partial charge in [-0.25, -0.2) is 0 Å². The lowest BCUT2D eigenvalue weighted by Gasteiger charge is -2.04. The number of benzene rings is 1. The fourth-order valence-electron chi connectivity index (χ4n) is 2.90. The number of aromatic amines is 1. The smallest absolute Gasteiger partial charge is 0.267 e. The van der Waals surface area contributed by atoms with Crippen LogP contribution in [0.25, 0.3) is 22.0 Å². The molecule has 2 N–H and O–H groups in total. The van der Waals surface area contributed by atoms with Crippen molar-refractivity contribution < 1.29 is 9.21 Å². The summed E-state index contributed by atoms with van der Waals surface area (Å²) in [6.45, 7) is 3.42. The largest absolute Gasteiger partial charge is 0.448 e. The van der Waals surface area contributed by atoms with Gasteiger partial charge < -0.3 is 14.7 Å². The van der Waals surface area contributed by atoms with Gasteiger partial charge in [-0.3, -0.25) is 9.48 Å². The summed E-state index contributed by atoms with van der Waals surface area (Å²) in [6.07, 6.45) is 2.87. The Hall–Kier alpha value is -2.54. The molecule has 128 valence electrons. The van der Waals surface area contributed by atoms with E-state index in [2.05, 4.69) is 50.5 Å². The van der Waals surface area contributed by atoms with E-state index in [9.17, 15) is 4.79 Å². The zero-order chi connectivity index (χ0) is 17.4. The normalized spacial score (nSPS) is 11.4. The fourth-order valence-corrected chi connectivity index (χ4v) is 3.31. The average molecular weight is 401 g/mol. The van der Waals surface area contributed by atoms with Crippen LogP contribution in [-0.4, -0.2) is 27.2 Å². The Balaban J connectivity index is 1.32. The van der Waals surface area contributed by atoms with E-state index < -0.39 is 0 Å². The van der Waals surface area contributed by atoms with Crippen LogP contribution in [0.1, 0.15) is 22.5 Å². The molecule has 4 rings (SSSR count). The van der Waals surface area contributed by atoms with Gasteiger partial charge in [0.05, 0.1) is 11.0 Å².